The van der Waals surface area contributed by atoms with Crippen molar-refractivity contribution in [2.24, 2.45) is 0 Å². The minimum absolute atomic E-state index is 0.0129. The molecule has 2 fully saturated rings. The zero-order valence-corrected chi connectivity index (χ0v) is 13.1. The highest BCUT2D eigenvalue weighted by atomic mass is 16.2. The van der Waals surface area contributed by atoms with Crippen LogP contribution in [0.25, 0.3) is 0 Å². The molecule has 3 amide bonds. The van der Waals surface area contributed by atoms with Gasteiger partial charge >= 0.3 is 6.03 Å². The van der Waals surface area contributed by atoms with Gasteiger partial charge in [0.2, 0.25) is 5.91 Å². The Labute approximate surface area is 130 Å². The molecule has 118 valence electrons. The number of rotatable bonds is 2. The highest BCUT2D eigenvalue weighted by Gasteiger charge is 2.32. The number of benzene rings is 1. The van der Waals surface area contributed by atoms with Crippen LogP contribution in [0.3, 0.4) is 0 Å². The van der Waals surface area contributed by atoms with Crippen molar-refractivity contribution >= 4 is 17.6 Å². The summed E-state index contributed by atoms with van der Waals surface area (Å²) in [5.41, 5.74) is 3.76. The van der Waals surface area contributed by atoms with Gasteiger partial charge in [0.25, 0.3) is 0 Å². The normalized spacial score (nSPS) is 21.5. The van der Waals surface area contributed by atoms with Crippen LogP contribution in [0.2, 0.25) is 0 Å². The molecule has 6 nitrogen and oxygen atoms in total. The molecule has 3 rings (SSSR count). The Morgan fingerprint density at radius 3 is 2.55 bits per heavy atom. The minimum atomic E-state index is -0.417. The van der Waals surface area contributed by atoms with Gasteiger partial charge in [0.1, 0.15) is 6.04 Å². The number of hydrogen-bond acceptors (Lipinski definition) is 3. The molecule has 1 aromatic rings. The fraction of sp³-hybridized carbons (Fsp3) is 0.500. The summed E-state index contributed by atoms with van der Waals surface area (Å²) in [4.78, 5) is 27.7. The second-order valence-electron chi connectivity index (χ2n) is 6.01. The van der Waals surface area contributed by atoms with E-state index >= 15 is 0 Å². The van der Waals surface area contributed by atoms with Crippen LogP contribution >= 0.6 is 0 Å². The van der Waals surface area contributed by atoms with Crippen molar-refractivity contribution in [3.8, 4) is 0 Å². The van der Waals surface area contributed by atoms with Gasteiger partial charge in [-0.15, -0.1) is 0 Å². The van der Waals surface area contributed by atoms with Crippen LogP contribution in [0.4, 0.5) is 10.5 Å². The van der Waals surface area contributed by atoms with Gasteiger partial charge in [0.15, 0.2) is 0 Å². The lowest BCUT2D eigenvalue weighted by molar-refractivity contribution is -0.132. The fourth-order valence-electron chi connectivity index (χ4n) is 3.05. The van der Waals surface area contributed by atoms with Crippen LogP contribution in [0.5, 0.6) is 0 Å². The van der Waals surface area contributed by atoms with Crippen LogP contribution < -0.4 is 15.5 Å². The van der Waals surface area contributed by atoms with Crippen LogP contribution in [0.15, 0.2) is 18.2 Å². The van der Waals surface area contributed by atoms with E-state index in [4.69, 9.17) is 0 Å². The van der Waals surface area contributed by atoms with Crippen molar-refractivity contribution in [3.63, 3.8) is 0 Å². The number of urea groups is 1. The van der Waals surface area contributed by atoms with Crippen molar-refractivity contribution in [1.29, 1.82) is 0 Å². The first-order chi connectivity index (χ1) is 10.5. The lowest BCUT2D eigenvalue weighted by Gasteiger charge is -2.37. The van der Waals surface area contributed by atoms with Gasteiger partial charge in [-0.2, -0.15) is 0 Å². The molecule has 0 aliphatic carbocycles. The average molecular weight is 302 g/mol. The molecule has 2 aliphatic heterocycles. The van der Waals surface area contributed by atoms with Crippen LogP contribution in [0.1, 0.15) is 11.1 Å². The predicted molar refractivity (Wildman–Crippen MR) is 85.0 cm³/mol. The van der Waals surface area contributed by atoms with Gasteiger partial charge in [0, 0.05) is 38.4 Å². The van der Waals surface area contributed by atoms with Crippen molar-refractivity contribution < 1.29 is 9.59 Å². The number of amides is 3. The summed E-state index contributed by atoms with van der Waals surface area (Å²) in [6.07, 6.45) is 0. The molecule has 2 aliphatic rings. The molecule has 1 unspecified atom stereocenters. The lowest BCUT2D eigenvalue weighted by Crippen LogP contribution is -2.54. The molecule has 0 radical (unpaired) electrons. The quantitative estimate of drug-likeness (QED) is 0.842. The topological polar surface area (TPSA) is 64.7 Å². The summed E-state index contributed by atoms with van der Waals surface area (Å²) in [6, 6.07) is 5.79. The Bertz CT molecular complexity index is 594. The maximum Gasteiger partial charge on any atom is 0.315 e. The second kappa shape index (κ2) is 5.87. The first kappa shape index (κ1) is 14.7. The molecule has 0 spiro atoms. The molecule has 1 aromatic carbocycles. The van der Waals surface area contributed by atoms with E-state index in [0.29, 0.717) is 19.6 Å². The monoisotopic (exact) mass is 302 g/mol. The molecular weight excluding hydrogens is 280 g/mol. The largest absolute Gasteiger partial charge is 0.368 e. The molecule has 2 heterocycles. The molecule has 0 bridgehead atoms. The maximum atomic E-state index is 12.4. The van der Waals surface area contributed by atoms with Gasteiger partial charge in [-0.3, -0.25) is 4.79 Å². The summed E-state index contributed by atoms with van der Waals surface area (Å²) in [7, 11) is 0. The number of aryl methyl sites for hydroxylation is 2. The number of nitrogens with zero attached hydrogens (tertiary/aromatic N) is 2. The second-order valence-corrected chi connectivity index (χ2v) is 6.01. The molecule has 6 heteroatoms. The molecule has 2 saturated heterocycles. The highest BCUT2D eigenvalue weighted by Crippen LogP contribution is 2.23. The van der Waals surface area contributed by atoms with Gasteiger partial charge in [-0.1, -0.05) is 12.1 Å². The third kappa shape index (κ3) is 2.86. The van der Waals surface area contributed by atoms with E-state index in [1.807, 2.05) is 4.90 Å². The van der Waals surface area contributed by atoms with E-state index in [1.165, 1.54) is 16.8 Å². The van der Waals surface area contributed by atoms with Gasteiger partial charge < -0.3 is 20.4 Å². The summed E-state index contributed by atoms with van der Waals surface area (Å²) in [5.74, 6) is 0.0129. The molecule has 22 heavy (non-hydrogen) atoms. The zero-order chi connectivity index (χ0) is 15.7. The van der Waals surface area contributed by atoms with E-state index in [0.717, 1.165) is 13.1 Å². The Morgan fingerprint density at radius 2 is 1.91 bits per heavy atom. The smallest absolute Gasteiger partial charge is 0.315 e. The van der Waals surface area contributed by atoms with E-state index in [2.05, 4.69) is 47.6 Å². The van der Waals surface area contributed by atoms with Gasteiger partial charge in [-0.05, 0) is 31.0 Å². The Hall–Kier alpha value is -2.24. The van der Waals surface area contributed by atoms with Gasteiger partial charge in [0.05, 0.1) is 0 Å². The van der Waals surface area contributed by atoms with Crippen molar-refractivity contribution in [2.75, 3.05) is 37.6 Å². The Kier molecular flexibility index (Phi) is 3.92. The van der Waals surface area contributed by atoms with Crippen LogP contribution in [-0.2, 0) is 4.79 Å². The summed E-state index contributed by atoms with van der Waals surface area (Å²) >= 11 is 0. The SMILES string of the molecule is Cc1ccc(C)c(N2CCN(C(=O)C3CNC(=O)N3)CC2)c1. The fourth-order valence-corrected chi connectivity index (χ4v) is 3.05. The van der Waals surface area contributed by atoms with Crippen molar-refractivity contribution in [1.82, 2.24) is 15.5 Å². The van der Waals surface area contributed by atoms with Crippen molar-refractivity contribution in [2.45, 2.75) is 19.9 Å². The third-order valence-electron chi connectivity index (χ3n) is 4.37. The Morgan fingerprint density at radius 1 is 1.18 bits per heavy atom. The van der Waals surface area contributed by atoms with Gasteiger partial charge in [-0.25, -0.2) is 4.79 Å². The predicted octanol–water partition coefficient (Wildman–Crippen LogP) is 0.633. The lowest BCUT2D eigenvalue weighted by atomic mass is 10.1. The van der Waals surface area contributed by atoms with Crippen molar-refractivity contribution in [3.05, 3.63) is 29.3 Å². The first-order valence-corrected chi connectivity index (χ1v) is 7.70. The molecule has 0 aromatic heterocycles. The first-order valence-electron chi connectivity index (χ1n) is 7.70. The summed E-state index contributed by atoms with van der Waals surface area (Å²) < 4.78 is 0. The number of carbonyl (C=O) groups excluding carboxylic acids is 2. The molecule has 0 saturated carbocycles. The molecule has 1 atom stereocenters. The van der Waals surface area contributed by atoms with E-state index in [9.17, 15) is 9.59 Å². The number of carbonyl (C=O) groups is 2. The minimum Gasteiger partial charge on any atom is -0.368 e. The molecular formula is C16H22N4O2. The maximum absolute atomic E-state index is 12.4. The standard InChI is InChI=1S/C16H22N4O2/c1-11-3-4-12(2)14(9-11)19-5-7-20(8-6-19)15(21)13-10-17-16(22)18-13/h3-4,9,13H,5-8,10H2,1-2H3,(H2,17,18,22). The van der Waals surface area contributed by atoms with E-state index < -0.39 is 6.04 Å². The number of hydrogen-bond donors (Lipinski definition) is 2. The van der Waals surface area contributed by atoms with Crippen LogP contribution in [-0.4, -0.2) is 55.6 Å². The zero-order valence-electron chi connectivity index (χ0n) is 13.1. The van der Waals surface area contributed by atoms with E-state index in [-0.39, 0.29) is 11.9 Å². The average Bonchev–Trinajstić information content (AvgIpc) is 2.96. The number of nitrogens with one attached hydrogen (secondary N) is 2. The number of anilines is 1. The third-order valence-corrected chi connectivity index (χ3v) is 4.37. The number of piperazine rings is 1. The summed E-state index contributed by atoms with van der Waals surface area (Å²) in [5, 5.41) is 5.29. The molecule has 2 N–H and O–H groups in total. The summed E-state index contributed by atoms with van der Waals surface area (Å²) in [6.45, 7) is 7.63. The van der Waals surface area contributed by atoms with Crippen LogP contribution in [0, 0.1) is 13.8 Å². The van der Waals surface area contributed by atoms with E-state index in [1.54, 1.807) is 0 Å². The highest BCUT2D eigenvalue weighted by molar-refractivity contribution is 5.90. The Balaban J connectivity index is 1.61.